The number of urea groups is 1. The fourth-order valence-corrected chi connectivity index (χ4v) is 4.86. The first kappa shape index (κ1) is 17.8. The largest absolute Gasteiger partial charge is 0.338 e. The molecule has 0 radical (unpaired) electrons. The summed E-state index contributed by atoms with van der Waals surface area (Å²) in [6.45, 7) is 6.58. The van der Waals surface area contributed by atoms with Crippen molar-refractivity contribution in [3.8, 4) is 0 Å². The summed E-state index contributed by atoms with van der Waals surface area (Å²) in [5.74, 6) is 0.702. The van der Waals surface area contributed by atoms with Crippen molar-refractivity contribution < 1.29 is 13.2 Å². The van der Waals surface area contributed by atoms with Gasteiger partial charge >= 0.3 is 6.03 Å². The molecule has 128 valence electrons. The number of hydrogen-bond donors (Lipinski definition) is 2. The zero-order valence-corrected chi connectivity index (χ0v) is 14.8. The molecule has 5 nitrogen and oxygen atoms in total. The Morgan fingerprint density at radius 2 is 2.00 bits per heavy atom. The highest BCUT2D eigenvalue weighted by Gasteiger charge is 2.28. The molecule has 23 heavy (non-hydrogen) atoms. The van der Waals surface area contributed by atoms with E-state index in [2.05, 4.69) is 24.5 Å². The predicted octanol–water partition coefficient (Wildman–Crippen LogP) is 2.43. The van der Waals surface area contributed by atoms with Gasteiger partial charge in [0, 0.05) is 6.54 Å². The van der Waals surface area contributed by atoms with Crippen molar-refractivity contribution in [2.75, 3.05) is 18.1 Å². The topological polar surface area (TPSA) is 75.3 Å². The molecule has 1 aliphatic rings. The summed E-state index contributed by atoms with van der Waals surface area (Å²) in [7, 11) is -2.90. The maximum absolute atomic E-state index is 12.2. The maximum Gasteiger partial charge on any atom is 0.315 e. The summed E-state index contributed by atoms with van der Waals surface area (Å²) in [4.78, 5) is 12.2. The minimum absolute atomic E-state index is 0.0294. The number of sulfone groups is 1. The quantitative estimate of drug-likeness (QED) is 0.866. The molecule has 2 amide bonds. The molecule has 0 saturated carbocycles. The lowest BCUT2D eigenvalue weighted by molar-refractivity contribution is 0.231. The minimum Gasteiger partial charge on any atom is -0.338 e. The molecule has 1 aliphatic heterocycles. The number of carbonyl (C=O) groups excluding carboxylic acids is 1. The Labute approximate surface area is 138 Å². The van der Waals surface area contributed by atoms with Crippen LogP contribution < -0.4 is 10.6 Å². The molecule has 2 rings (SSSR count). The van der Waals surface area contributed by atoms with Crippen LogP contribution in [0.2, 0.25) is 0 Å². The number of carbonyl (C=O) groups is 1. The lowest BCUT2D eigenvalue weighted by atomic mass is 9.93. The van der Waals surface area contributed by atoms with Gasteiger partial charge in [-0.25, -0.2) is 13.2 Å². The van der Waals surface area contributed by atoms with E-state index in [4.69, 9.17) is 0 Å². The Balaban J connectivity index is 1.93. The van der Waals surface area contributed by atoms with E-state index in [9.17, 15) is 13.2 Å². The molecule has 2 N–H and O–H groups in total. The molecule has 0 bridgehead atoms. The molecule has 0 unspecified atom stereocenters. The van der Waals surface area contributed by atoms with E-state index in [0.717, 1.165) is 11.1 Å². The van der Waals surface area contributed by atoms with E-state index in [1.807, 2.05) is 31.2 Å². The molecular weight excluding hydrogens is 312 g/mol. The van der Waals surface area contributed by atoms with Crippen LogP contribution in [0, 0.1) is 18.8 Å². The van der Waals surface area contributed by atoms with Crippen LogP contribution in [0.25, 0.3) is 0 Å². The second kappa shape index (κ2) is 7.34. The van der Waals surface area contributed by atoms with Gasteiger partial charge in [0.1, 0.15) is 0 Å². The summed E-state index contributed by atoms with van der Waals surface area (Å²) in [6, 6.07) is 7.72. The van der Waals surface area contributed by atoms with Gasteiger partial charge < -0.3 is 10.6 Å². The molecule has 1 heterocycles. The van der Waals surface area contributed by atoms with Gasteiger partial charge in [0.2, 0.25) is 0 Å². The molecule has 0 aliphatic carbocycles. The Hall–Kier alpha value is -1.56. The number of aryl methyl sites for hydroxylation is 1. The Bertz CT molecular complexity index is 656. The second-order valence-corrected chi connectivity index (χ2v) is 8.93. The van der Waals surface area contributed by atoms with Crippen LogP contribution in [0.15, 0.2) is 24.3 Å². The van der Waals surface area contributed by atoms with Crippen LogP contribution in [0.3, 0.4) is 0 Å². The van der Waals surface area contributed by atoms with Gasteiger partial charge in [-0.15, -0.1) is 0 Å². The number of hydrogen-bond acceptors (Lipinski definition) is 3. The molecule has 0 spiro atoms. The lowest BCUT2D eigenvalue weighted by Crippen LogP contribution is -2.42. The maximum atomic E-state index is 12.2. The SMILES string of the molecule is Cc1ccccc1[C@@H](NC(=O)NC[C@@H]1CCS(=O)(=O)C1)C(C)C. The third-order valence-corrected chi connectivity index (χ3v) is 6.19. The van der Waals surface area contributed by atoms with Gasteiger partial charge in [0.25, 0.3) is 0 Å². The van der Waals surface area contributed by atoms with E-state index in [1.54, 1.807) is 0 Å². The van der Waals surface area contributed by atoms with Gasteiger partial charge in [-0.1, -0.05) is 38.1 Å². The number of nitrogens with one attached hydrogen (secondary N) is 2. The van der Waals surface area contributed by atoms with Gasteiger partial charge in [-0.2, -0.15) is 0 Å². The monoisotopic (exact) mass is 338 g/mol. The smallest absolute Gasteiger partial charge is 0.315 e. The first-order chi connectivity index (χ1) is 10.8. The van der Waals surface area contributed by atoms with Crippen LogP contribution in [0.5, 0.6) is 0 Å². The van der Waals surface area contributed by atoms with Crippen LogP contribution >= 0.6 is 0 Å². The van der Waals surface area contributed by atoms with Gasteiger partial charge in [0.15, 0.2) is 9.84 Å². The van der Waals surface area contributed by atoms with Crippen molar-refractivity contribution in [1.82, 2.24) is 10.6 Å². The molecule has 1 aromatic carbocycles. The molecule has 6 heteroatoms. The molecule has 1 fully saturated rings. The standard InChI is InChI=1S/C17H26N2O3S/c1-12(2)16(15-7-5-4-6-13(15)3)19-17(20)18-10-14-8-9-23(21,22)11-14/h4-7,12,14,16H,8-11H2,1-3H3,(H2,18,19,20)/t14-,16-/m0/s1. The van der Waals surface area contributed by atoms with E-state index in [0.29, 0.717) is 13.0 Å². The third-order valence-electron chi connectivity index (χ3n) is 4.35. The van der Waals surface area contributed by atoms with E-state index in [1.165, 1.54) is 0 Å². The van der Waals surface area contributed by atoms with Crippen LogP contribution in [0.1, 0.15) is 37.4 Å². The van der Waals surface area contributed by atoms with Crippen molar-refractivity contribution >= 4 is 15.9 Å². The number of rotatable bonds is 5. The average molecular weight is 338 g/mol. The molecular formula is C17H26N2O3S. The van der Waals surface area contributed by atoms with Crippen LogP contribution in [0.4, 0.5) is 4.79 Å². The van der Waals surface area contributed by atoms with Crippen molar-refractivity contribution in [1.29, 1.82) is 0 Å². The van der Waals surface area contributed by atoms with E-state index >= 15 is 0 Å². The zero-order valence-electron chi connectivity index (χ0n) is 14.0. The number of benzene rings is 1. The van der Waals surface area contributed by atoms with Crippen molar-refractivity contribution in [3.63, 3.8) is 0 Å². The molecule has 0 aromatic heterocycles. The average Bonchev–Trinajstić information content (AvgIpc) is 2.83. The highest BCUT2D eigenvalue weighted by Crippen LogP contribution is 2.24. The third kappa shape index (κ3) is 4.96. The minimum atomic E-state index is -2.90. The first-order valence-corrected chi connectivity index (χ1v) is 9.91. The second-order valence-electron chi connectivity index (χ2n) is 6.70. The van der Waals surface area contributed by atoms with Crippen molar-refractivity contribution in [2.24, 2.45) is 11.8 Å². The summed E-state index contributed by atoms with van der Waals surface area (Å²) in [6.07, 6.45) is 0.633. The highest BCUT2D eigenvalue weighted by molar-refractivity contribution is 7.91. The van der Waals surface area contributed by atoms with Crippen LogP contribution in [-0.2, 0) is 9.84 Å². The van der Waals surface area contributed by atoms with Gasteiger partial charge in [-0.05, 0) is 36.3 Å². The Morgan fingerprint density at radius 1 is 1.30 bits per heavy atom. The predicted molar refractivity (Wildman–Crippen MR) is 92.1 cm³/mol. The first-order valence-electron chi connectivity index (χ1n) is 8.09. The Kier molecular flexibility index (Phi) is 5.68. The molecule has 1 saturated heterocycles. The fraction of sp³-hybridized carbons (Fsp3) is 0.588. The van der Waals surface area contributed by atoms with Gasteiger partial charge in [0.05, 0.1) is 17.5 Å². The van der Waals surface area contributed by atoms with E-state index < -0.39 is 9.84 Å². The van der Waals surface area contributed by atoms with Gasteiger partial charge in [-0.3, -0.25) is 0 Å². The highest BCUT2D eigenvalue weighted by atomic mass is 32.2. The fourth-order valence-electron chi connectivity index (χ4n) is 3.00. The molecule has 2 atom stereocenters. The summed E-state index contributed by atoms with van der Waals surface area (Å²) < 4.78 is 22.9. The summed E-state index contributed by atoms with van der Waals surface area (Å²) in [5.41, 5.74) is 2.26. The van der Waals surface area contributed by atoms with Crippen LogP contribution in [-0.4, -0.2) is 32.5 Å². The summed E-state index contributed by atoms with van der Waals surface area (Å²) >= 11 is 0. The molecule has 1 aromatic rings. The Morgan fingerprint density at radius 3 is 2.57 bits per heavy atom. The lowest BCUT2D eigenvalue weighted by Gasteiger charge is -2.25. The van der Waals surface area contributed by atoms with Crippen molar-refractivity contribution in [2.45, 2.75) is 33.2 Å². The van der Waals surface area contributed by atoms with E-state index in [-0.39, 0.29) is 35.4 Å². The van der Waals surface area contributed by atoms with Crippen molar-refractivity contribution in [3.05, 3.63) is 35.4 Å². The number of amides is 2. The summed E-state index contributed by atoms with van der Waals surface area (Å²) in [5, 5.41) is 5.84. The zero-order chi connectivity index (χ0) is 17.0. The normalized spacial score (nSPS) is 21.1.